The van der Waals surface area contributed by atoms with E-state index < -0.39 is 11.8 Å². The Balaban J connectivity index is 2.08. The molecular formula is C16H18N2O3. The molecule has 0 spiro atoms. The van der Waals surface area contributed by atoms with Gasteiger partial charge in [0.2, 0.25) is 17.7 Å². The van der Waals surface area contributed by atoms with Crippen LogP contribution < -0.4 is 0 Å². The molecule has 5 heteroatoms. The van der Waals surface area contributed by atoms with Crippen molar-refractivity contribution in [3.63, 3.8) is 0 Å². The molecule has 0 aliphatic carbocycles. The van der Waals surface area contributed by atoms with Gasteiger partial charge in [-0.25, -0.2) is 0 Å². The zero-order chi connectivity index (χ0) is 15.1. The molecular weight excluding hydrogens is 268 g/mol. The van der Waals surface area contributed by atoms with Gasteiger partial charge in [0.15, 0.2) is 0 Å². The molecule has 2 fully saturated rings. The third-order valence-corrected chi connectivity index (χ3v) is 4.47. The molecule has 0 unspecified atom stereocenters. The van der Waals surface area contributed by atoms with Gasteiger partial charge in [-0.05, 0) is 19.4 Å². The second-order valence-corrected chi connectivity index (χ2v) is 5.40. The summed E-state index contributed by atoms with van der Waals surface area (Å²) in [7, 11) is 0. The highest BCUT2D eigenvalue weighted by Crippen LogP contribution is 2.46. The molecule has 2 heterocycles. The molecule has 0 aromatic heterocycles. The lowest BCUT2D eigenvalue weighted by molar-refractivity contribution is -0.144. The van der Waals surface area contributed by atoms with E-state index >= 15 is 0 Å². The maximum atomic E-state index is 12.5. The number of carbonyl (C=O) groups excluding carboxylic acids is 3. The number of hydrogen-bond acceptors (Lipinski definition) is 3. The first-order valence-corrected chi connectivity index (χ1v) is 7.32. The van der Waals surface area contributed by atoms with E-state index in [2.05, 4.69) is 0 Å². The second-order valence-electron chi connectivity index (χ2n) is 5.40. The molecule has 1 aromatic rings. The van der Waals surface area contributed by atoms with Crippen LogP contribution in [0.4, 0.5) is 0 Å². The SMILES string of the molecule is CCN1C(=O)[C@H]2C(=O)N(CC)[C@H](c3ccccc3)[C@H]2C1=O. The minimum Gasteiger partial charge on any atom is -0.334 e. The minimum absolute atomic E-state index is 0.217. The molecule has 0 radical (unpaired) electrons. The molecule has 0 bridgehead atoms. The predicted molar refractivity (Wildman–Crippen MR) is 75.9 cm³/mol. The van der Waals surface area contributed by atoms with Crippen molar-refractivity contribution in [1.82, 2.24) is 9.80 Å². The molecule has 2 aliphatic rings. The average molecular weight is 286 g/mol. The van der Waals surface area contributed by atoms with Crippen LogP contribution in [0.1, 0.15) is 25.5 Å². The van der Waals surface area contributed by atoms with E-state index in [9.17, 15) is 14.4 Å². The van der Waals surface area contributed by atoms with Crippen molar-refractivity contribution in [2.75, 3.05) is 13.1 Å². The predicted octanol–water partition coefficient (Wildman–Crippen LogP) is 1.21. The van der Waals surface area contributed by atoms with Crippen LogP contribution in [-0.2, 0) is 14.4 Å². The van der Waals surface area contributed by atoms with Crippen LogP contribution in [-0.4, -0.2) is 40.6 Å². The lowest BCUT2D eigenvalue weighted by atomic mass is 9.88. The summed E-state index contributed by atoms with van der Waals surface area (Å²) in [5.74, 6) is -2.18. The van der Waals surface area contributed by atoms with E-state index in [0.29, 0.717) is 13.1 Å². The van der Waals surface area contributed by atoms with Gasteiger partial charge in [0.1, 0.15) is 5.92 Å². The first-order chi connectivity index (χ1) is 10.1. The molecule has 0 N–H and O–H groups in total. The second kappa shape index (κ2) is 4.98. The Kier molecular flexibility index (Phi) is 3.27. The highest BCUT2D eigenvalue weighted by Gasteiger charge is 2.61. The number of imide groups is 1. The first kappa shape index (κ1) is 13.8. The average Bonchev–Trinajstić information content (AvgIpc) is 2.93. The standard InChI is InChI=1S/C16H18N2O3/c1-3-17-13(10-8-6-5-7-9-10)11-12(15(17)20)16(21)18(4-2)14(11)19/h5-9,11-13H,3-4H2,1-2H3/t11-,12+,13+/m0/s1. The lowest BCUT2D eigenvalue weighted by Crippen LogP contribution is -2.39. The van der Waals surface area contributed by atoms with E-state index in [1.807, 2.05) is 37.3 Å². The molecule has 1 aromatic carbocycles. The van der Waals surface area contributed by atoms with Crippen LogP contribution >= 0.6 is 0 Å². The summed E-state index contributed by atoms with van der Waals surface area (Å²) >= 11 is 0. The van der Waals surface area contributed by atoms with Crippen molar-refractivity contribution >= 4 is 17.7 Å². The molecule has 2 aliphatic heterocycles. The van der Waals surface area contributed by atoms with Crippen molar-refractivity contribution < 1.29 is 14.4 Å². The third-order valence-electron chi connectivity index (χ3n) is 4.47. The maximum Gasteiger partial charge on any atom is 0.242 e. The highest BCUT2D eigenvalue weighted by atomic mass is 16.2. The zero-order valence-electron chi connectivity index (χ0n) is 12.2. The number of amides is 3. The van der Waals surface area contributed by atoms with Crippen molar-refractivity contribution in [3.05, 3.63) is 35.9 Å². The van der Waals surface area contributed by atoms with Gasteiger partial charge in [-0.1, -0.05) is 30.3 Å². The molecule has 3 amide bonds. The van der Waals surface area contributed by atoms with Crippen LogP contribution in [0.5, 0.6) is 0 Å². The fourth-order valence-electron chi connectivity index (χ4n) is 3.54. The summed E-state index contributed by atoms with van der Waals surface area (Å²) in [4.78, 5) is 40.3. The van der Waals surface area contributed by atoms with E-state index in [1.54, 1.807) is 11.8 Å². The number of likely N-dealkylation sites (tertiary alicyclic amines) is 2. The third kappa shape index (κ3) is 1.80. The Morgan fingerprint density at radius 3 is 2.14 bits per heavy atom. The molecule has 2 saturated heterocycles. The van der Waals surface area contributed by atoms with E-state index in [1.165, 1.54) is 4.90 Å². The molecule has 21 heavy (non-hydrogen) atoms. The molecule has 5 nitrogen and oxygen atoms in total. The van der Waals surface area contributed by atoms with Crippen LogP contribution in [0.2, 0.25) is 0 Å². The number of hydrogen-bond donors (Lipinski definition) is 0. The summed E-state index contributed by atoms with van der Waals surface area (Å²) in [5.41, 5.74) is 0.916. The summed E-state index contributed by atoms with van der Waals surface area (Å²) in [6.45, 7) is 4.46. The van der Waals surface area contributed by atoms with Gasteiger partial charge < -0.3 is 4.90 Å². The number of rotatable bonds is 3. The minimum atomic E-state index is -0.831. The van der Waals surface area contributed by atoms with Gasteiger partial charge in [-0.2, -0.15) is 0 Å². The summed E-state index contributed by atoms with van der Waals surface area (Å²) < 4.78 is 0. The first-order valence-electron chi connectivity index (χ1n) is 7.32. The fraction of sp³-hybridized carbons (Fsp3) is 0.438. The number of nitrogens with zero attached hydrogens (tertiary/aromatic N) is 2. The smallest absolute Gasteiger partial charge is 0.242 e. The molecule has 110 valence electrons. The number of carbonyl (C=O) groups is 3. The Hall–Kier alpha value is -2.17. The van der Waals surface area contributed by atoms with Crippen LogP contribution in [0.15, 0.2) is 30.3 Å². The fourth-order valence-corrected chi connectivity index (χ4v) is 3.54. The van der Waals surface area contributed by atoms with Crippen molar-refractivity contribution in [1.29, 1.82) is 0 Å². The maximum absolute atomic E-state index is 12.5. The van der Waals surface area contributed by atoms with Gasteiger partial charge in [-0.3, -0.25) is 19.3 Å². The van der Waals surface area contributed by atoms with Gasteiger partial charge in [0.05, 0.1) is 12.0 Å². The summed E-state index contributed by atoms with van der Waals surface area (Å²) in [6, 6.07) is 9.17. The van der Waals surface area contributed by atoms with E-state index in [0.717, 1.165) is 5.56 Å². The van der Waals surface area contributed by atoms with E-state index in [4.69, 9.17) is 0 Å². The van der Waals surface area contributed by atoms with Crippen molar-refractivity contribution in [2.24, 2.45) is 11.8 Å². The van der Waals surface area contributed by atoms with Crippen LogP contribution in [0.3, 0.4) is 0 Å². The van der Waals surface area contributed by atoms with Crippen LogP contribution in [0, 0.1) is 11.8 Å². The Labute approximate surface area is 123 Å². The highest BCUT2D eigenvalue weighted by molar-refractivity contribution is 6.17. The molecule has 0 saturated carbocycles. The Morgan fingerprint density at radius 1 is 0.905 bits per heavy atom. The van der Waals surface area contributed by atoms with Gasteiger partial charge in [0.25, 0.3) is 0 Å². The van der Waals surface area contributed by atoms with Gasteiger partial charge in [0, 0.05) is 13.1 Å². The van der Waals surface area contributed by atoms with Crippen LogP contribution in [0.25, 0.3) is 0 Å². The summed E-state index contributed by atoms with van der Waals surface area (Å²) in [5, 5.41) is 0. The van der Waals surface area contributed by atoms with Crippen molar-refractivity contribution in [3.8, 4) is 0 Å². The monoisotopic (exact) mass is 286 g/mol. The zero-order valence-corrected chi connectivity index (χ0v) is 12.2. The quantitative estimate of drug-likeness (QED) is 0.620. The molecule has 3 atom stereocenters. The molecule has 3 rings (SSSR count). The Morgan fingerprint density at radius 2 is 1.57 bits per heavy atom. The van der Waals surface area contributed by atoms with E-state index in [-0.39, 0.29) is 23.8 Å². The normalized spacial score (nSPS) is 28.5. The largest absolute Gasteiger partial charge is 0.334 e. The lowest BCUT2D eigenvalue weighted by Gasteiger charge is -2.27. The topological polar surface area (TPSA) is 57.7 Å². The summed E-state index contributed by atoms with van der Waals surface area (Å²) in [6.07, 6.45) is 0. The van der Waals surface area contributed by atoms with Gasteiger partial charge >= 0.3 is 0 Å². The number of benzene rings is 1. The number of fused-ring (bicyclic) bond motifs is 1. The van der Waals surface area contributed by atoms with Crippen molar-refractivity contribution in [2.45, 2.75) is 19.9 Å². The van der Waals surface area contributed by atoms with Gasteiger partial charge in [-0.15, -0.1) is 0 Å². The Bertz CT molecular complexity index is 597.